The van der Waals surface area contributed by atoms with Crippen molar-refractivity contribution in [2.24, 2.45) is 0 Å². The first-order chi connectivity index (χ1) is 12.7. The van der Waals surface area contributed by atoms with Crippen molar-refractivity contribution in [3.63, 3.8) is 0 Å². The minimum absolute atomic E-state index is 0.126. The highest BCUT2D eigenvalue weighted by Crippen LogP contribution is 2.15. The van der Waals surface area contributed by atoms with Crippen LogP contribution in [0.25, 0.3) is 0 Å². The zero-order valence-electron chi connectivity index (χ0n) is 14.1. The van der Waals surface area contributed by atoms with Crippen LogP contribution in [-0.2, 0) is 13.2 Å². The number of rotatable bonds is 7. The Morgan fingerprint density at radius 3 is 2.92 bits per heavy atom. The normalized spacial score (nSPS) is 10.1. The summed E-state index contributed by atoms with van der Waals surface area (Å²) < 4.78 is 7.61. The molecule has 6 nitrogen and oxygen atoms in total. The molecule has 0 atom stereocenters. The molecule has 0 unspecified atom stereocenters. The fourth-order valence-electron chi connectivity index (χ4n) is 2.44. The highest BCUT2D eigenvalue weighted by molar-refractivity contribution is 5.94. The maximum Gasteiger partial charge on any atom is 0.251 e. The number of carbonyl (C=O) groups excluding carboxylic acids is 1. The van der Waals surface area contributed by atoms with Gasteiger partial charge in [0.05, 0.1) is 18.0 Å². The molecule has 1 amide bonds. The smallest absolute Gasteiger partial charge is 0.251 e. The minimum Gasteiger partial charge on any atom is -0.489 e. The van der Waals surface area contributed by atoms with Crippen molar-refractivity contribution >= 4 is 5.91 Å². The zero-order chi connectivity index (χ0) is 18.2. The van der Waals surface area contributed by atoms with Crippen molar-refractivity contribution in [3.05, 3.63) is 83.9 Å². The Labute approximate surface area is 151 Å². The van der Waals surface area contributed by atoms with Crippen LogP contribution in [0.15, 0.2) is 67.3 Å². The van der Waals surface area contributed by atoms with Crippen molar-refractivity contribution in [2.45, 2.75) is 13.2 Å². The van der Waals surface area contributed by atoms with Crippen molar-refractivity contribution in [3.8, 4) is 11.8 Å². The van der Waals surface area contributed by atoms with Crippen LogP contribution >= 0.6 is 0 Å². The van der Waals surface area contributed by atoms with Gasteiger partial charge >= 0.3 is 0 Å². The van der Waals surface area contributed by atoms with Crippen LogP contribution in [0.2, 0.25) is 0 Å². The van der Waals surface area contributed by atoms with Gasteiger partial charge in [0.25, 0.3) is 5.91 Å². The molecule has 3 aromatic rings. The number of ether oxygens (including phenoxy) is 1. The summed E-state index contributed by atoms with van der Waals surface area (Å²) in [4.78, 5) is 16.2. The Hall–Kier alpha value is -3.59. The summed E-state index contributed by atoms with van der Waals surface area (Å²) in [6.45, 7) is 1.52. The Morgan fingerprint density at radius 2 is 2.12 bits per heavy atom. The third kappa shape index (κ3) is 4.71. The van der Waals surface area contributed by atoms with Crippen LogP contribution in [0.1, 0.15) is 21.5 Å². The summed E-state index contributed by atoms with van der Waals surface area (Å²) in [6, 6.07) is 16.4. The number of nitrogens with zero attached hydrogens (tertiary/aromatic N) is 3. The van der Waals surface area contributed by atoms with Crippen LogP contribution in [0, 0.1) is 11.3 Å². The second-order valence-electron chi connectivity index (χ2n) is 5.69. The Bertz CT molecular complexity index is 914. The van der Waals surface area contributed by atoms with Gasteiger partial charge in [-0.2, -0.15) is 5.26 Å². The second kappa shape index (κ2) is 8.49. The second-order valence-corrected chi connectivity index (χ2v) is 5.69. The highest BCUT2D eigenvalue weighted by atomic mass is 16.5. The quantitative estimate of drug-likeness (QED) is 0.713. The third-order valence-corrected chi connectivity index (χ3v) is 3.77. The van der Waals surface area contributed by atoms with E-state index >= 15 is 0 Å². The Balaban J connectivity index is 1.55. The van der Waals surface area contributed by atoms with E-state index in [1.54, 1.807) is 48.9 Å². The molecule has 1 N–H and O–H groups in total. The summed E-state index contributed by atoms with van der Waals surface area (Å²) >= 11 is 0. The molecule has 26 heavy (non-hydrogen) atoms. The van der Waals surface area contributed by atoms with Gasteiger partial charge in [-0.25, -0.2) is 4.98 Å². The minimum atomic E-state index is -0.126. The SMILES string of the molecule is N#Cc1cccc(OCc2cccc(C(=O)NCCn3ccnc3)c2)c1. The molecule has 0 radical (unpaired) electrons. The molecule has 0 aliphatic rings. The van der Waals surface area contributed by atoms with E-state index in [1.807, 2.05) is 22.9 Å². The van der Waals surface area contributed by atoms with E-state index in [2.05, 4.69) is 16.4 Å². The van der Waals surface area contributed by atoms with Crippen LogP contribution in [0.3, 0.4) is 0 Å². The summed E-state index contributed by atoms with van der Waals surface area (Å²) in [5.41, 5.74) is 2.02. The summed E-state index contributed by atoms with van der Waals surface area (Å²) in [6.07, 6.45) is 5.27. The third-order valence-electron chi connectivity index (χ3n) is 3.77. The molecule has 0 bridgehead atoms. The van der Waals surface area contributed by atoms with Crippen molar-refractivity contribution in [1.29, 1.82) is 5.26 Å². The molecule has 130 valence electrons. The molecule has 3 rings (SSSR count). The molecule has 1 aromatic heterocycles. The van der Waals surface area contributed by atoms with Crippen molar-refractivity contribution in [1.82, 2.24) is 14.9 Å². The molecule has 0 saturated heterocycles. The first-order valence-corrected chi connectivity index (χ1v) is 8.20. The number of imidazole rings is 1. The molecule has 0 saturated carbocycles. The van der Waals surface area contributed by atoms with Gasteiger partial charge in [-0.1, -0.05) is 18.2 Å². The number of hydrogen-bond donors (Lipinski definition) is 1. The molecule has 0 aliphatic heterocycles. The van der Waals surface area contributed by atoms with Gasteiger partial charge < -0.3 is 14.6 Å². The molecule has 0 aliphatic carbocycles. The van der Waals surface area contributed by atoms with Crippen molar-refractivity contribution < 1.29 is 9.53 Å². The van der Waals surface area contributed by atoms with Crippen molar-refractivity contribution in [2.75, 3.05) is 6.54 Å². The lowest BCUT2D eigenvalue weighted by atomic mass is 10.1. The molecule has 0 spiro atoms. The lowest BCUT2D eigenvalue weighted by Gasteiger charge is -2.09. The van der Waals surface area contributed by atoms with E-state index in [0.717, 1.165) is 5.56 Å². The van der Waals surface area contributed by atoms with E-state index in [1.165, 1.54) is 0 Å². The number of carbonyl (C=O) groups is 1. The average molecular weight is 346 g/mol. The van der Waals surface area contributed by atoms with Gasteiger partial charge in [-0.3, -0.25) is 4.79 Å². The standard InChI is InChI=1S/C20H18N4O2/c21-13-16-3-2-6-19(12-16)26-14-17-4-1-5-18(11-17)20(25)23-8-10-24-9-7-22-15-24/h1-7,9,11-12,15H,8,10,14H2,(H,23,25). The number of nitriles is 1. The lowest BCUT2D eigenvalue weighted by molar-refractivity contribution is 0.0952. The van der Waals surface area contributed by atoms with E-state index < -0.39 is 0 Å². The van der Waals surface area contributed by atoms with E-state index in [4.69, 9.17) is 10.00 Å². The fraction of sp³-hybridized carbons (Fsp3) is 0.150. The van der Waals surface area contributed by atoms with Crippen LogP contribution in [0.4, 0.5) is 0 Å². The number of nitrogens with one attached hydrogen (secondary N) is 1. The Morgan fingerprint density at radius 1 is 1.23 bits per heavy atom. The molecule has 6 heteroatoms. The summed E-state index contributed by atoms with van der Waals surface area (Å²) in [7, 11) is 0. The molecule has 0 fully saturated rings. The topological polar surface area (TPSA) is 79.9 Å². The maximum absolute atomic E-state index is 12.3. The van der Waals surface area contributed by atoms with E-state index in [0.29, 0.717) is 36.6 Å². The predicted molar refractivity (Wildman–Crippen MR) is 96.5 cm³/mol. The number of amides is 1. The summed E-state index contributed by atoms with van der Waals surface area (Å²) in [5.74, 6) is 0.498. The van der Waals surface area contributed by atoms with Gasteiger partial charge in [0.15, 0.2) is 0 Å². The highest BCUT2D eigenvalue weighted by Gasteiger charge is 2.06. The molecular formula is C20H18N4O2. The zero-order valence-corrected chi connectivity index (χ0v) is 14.1. The first kappa shape index (κ1) is 17.2. The van der Waals surface area contributed by atoms with Crippen LogP contribution in [-0.4, -0.2) is 22.0 Å². The lowest BCUT2D eigenvalue weighted by Crippen LogP contribution is -2.27. The van der Waals surface area contributed by atoms with Gasteiger partial charge in [0.1, 0.15) is 12.4 Å². The number of aromatic nitrogens is 2. The van der Waals surface area contributed by atoms with Gasteiger partial charge in [0, 0.05) is 31.0 Å². The molecule has 1 heterocycles. The average Bonchev–Trinajstić information content (AvgIpc) is 3.20. The van der Waals surface area contributed by atoms with Gasteiger partial charge in [-0.05, 0) is 35.9 Å². The summed E-state index contributed by atoms with van der Waals surface area (Å²) in [5, 5.41) is 11.8. The maximum atomic E-state index is 12.3. The van der Waals surface area contributed by atoms with E-state index in [-0.39, 0.29) is 5.91 Å². The monoisotopic (exact) mass is 346 g/mol. The Kier molecular flexibility index (Phi) is 5.63. The van der Waals surface area contributed by atoms with E-state index in [9.17, 15) is 4.79 Å². The fourth-order valence-corrected chi connectivity index (χ4v) is 2.44. The molecular weight excluding hydrogens is 328 g/mol. The van der Waals surface area contributed by atoms with Crippen LogP contribution < -0.4 is 10.1 Å². The predicted octanol–water partition coefficient (Wildman–Crippen LogP) is 2.76. The largest absolute Gasteiger partial charge is 0.489 e. The number of hydrogen-bond acceptors (Lipinski definition) is 4. The first-order valence-electron chi connectivity index (χ1n) is 8.20. The van der Waals surface area contributed by atoms with Gasteiger partial charge in [0.2, 0.25) is 0 Å². The number of benzene rings is 2. The molecule has 2 aromatic carbocycles. The van der Waals surface area contributed by atoms with Gasteiger partial charge in [-0.15, -0.1) is 0 Å². The van der Waals surface area contributed by atoms with Crippen LogP contribution in [0.5, 0.6) is 5.75 Å².